The van der Waals surface area contributed by atoms with Gasteiger partial charge in [-0.05, 0) is 24.3 Å². The molecule has 0 radical (unpaired) electrons. The van der Waals surface area contributed by atoms with Crippen LogP contribution >= 0.6 is 0 Å². The molecule has 2 aromatic heterocycles. The van der Waals surface area contributed by atoms with Gasteiger partial charge in [-0.3, -0.25) is 4.72 Å². The maximum Gasteiger partial charge on any atom is 0.229 e. The predicted molar refractivity (Wildman–Crippen MR) is 76.9 cm³/mol. The van der Waals surface area contributed by atoms with E-state index < -0.39 is 10.0 Å². The summed E-state index contributed by atoms with van der Waals surface area (Å²) in [5, 5.41) is 4.17. The van der Waals surface area contributed by atoms with E-state index in [1.165, 1.54) is 6.33 Å². The van der Waals surface area contributed by atoms with Crippen molar-refractivity contribution < 1.29 is 8.42 Å². The average molecular weight is 288 g/mol. The SMILES string of the molecule is CS(=O)(=O)Nc1cccc(-c2cccc3ncnn23)c1. The van der Waals surface area contributed by atoms with E-state index >= 15 is 0 Å². The zero-order chi connectivity index (χ0) is 14.2. The Morgan fingerprint density at radius 2 is 1.95 bits per heavy atom. The summed E-state index contributed by atoms with van der Waals surface area (Å²) >= 11 is 0. The summed E-state index contributed by atoms with van der Waals surface area (Å²) in [5.74, 6) is 0. The van der Waals surface area contributed by atoms with Crippen molar-refractivity contribution in [3.63, 3.8) is 0 Å². The third-order valence-corrected chi connectivity index (χ3v) is 3.37. The first-order valence-electron chi connectivity index (χ1n) is 5.90. The number of anilines is 1. The van der Waals surface area contributed by atoms with E-state index in [0.717, 1.165) is 23.2 Å². The van der Waals surface area contributed by atoms with E-state index in [1.807, 2.05) is 24.3 Å². The Labute approximate surface area is 116 Å². The van der Waals surface area contributed by atoms with E-state index in [9.17, 15) is 8.42 Å². The van der Waals surface area contributed by atoms with Crippen molar-refractivity contribution in [2.75, 3.05) is 11.0 Å². The lowest BCUT2D eigenvalue weighted by Gasteiger charge is -2.08. The quantitative estimate of drug-likeness (QED) is 0.797. The minimum absolute atomic E-state index is 0.516. The van der Waals surface area contributed by atoms with Gasteiger partial charge in [0.15, 0.2) is 5.65 Å². The van der Waals surface area contributed by atoms with Gasteiger partial charge in [0, 0.05) is 11.3 Å². The second-order valence-corrected chi connectivity index (χ2v) is 6.14. The fourth-order valence-corrected chi connectivity index (χ4v) is 2.58. The van der Waals surface area contributed by atoms with Gasteiger partial charge < -0.3 is 0 Å². The van der Waals surface area contributed by atoms with E-state index in [-0.39, 0.29) is 0 Å². The number of pyridine rings is 1. The molecule has 6 nitrogen and oxygen atoms in total. The van der Waals surface area contributed by atoms with Crippen LogP contribution in [0.25, 0.3) is 16.9 Å². The molecular formula is C13H12N4O2S. The Morgan fingerprint density at radius 3 is 2.75 bits per heavy atom. The molecule has 0 aliphatic rings. The highest BCUT2D eigenvalue weighted by Crippen LogP contribution is 2.23. The molecule has 7 heteroatoms. The molecule has 0 fully saturated rings. The van der Waals surface area contributed by atoms with Gasteiger partial charge in [0.05, 0.1) is 11.9 Å². The van der Waals surface area contributed by atoms with Crippen LogP contribution in [0.1, 0.15) is 0 Å². The minimum Gasteiger partial charge on any atom is -0.284 e. The Balaban J connectivity index is 2.11. The smallest absolute Gasteiger partial charge is 0.229 e. The lowest BCUT2D eigenvalue weighted by molar-refractivity contribution is 0.607. The highest BCUT2D eigenvalue weighted by molar-refractivity contribution is 7.92. The molecule has 0 bridgehead atoms. The number of hydrogen-bond donors (Lipinski definition) is 1. The monoisotopic (exact) mass is 288 g/mol. The van der Waals surface area contributed by atoms with Crippen molar-refractivity contribution in [1.82, 2.24) is 14.6 Å². The van der Waals surface area contributed by atoms with Crippen LogP contribution in [0.4, 0.5) is 5.69 Å². The number of fused-ring (bicyclic) bond motifs is 1. The Hall–Kier alpha value is -2.41. The standard InChI is InChI=1S/C13H12N4O2S/c1-20(18,19)16-11-5-2-4-10(8-11)12-6-3-7-13-14-9-15-17(12)13/h2-9,16H,1H3. The van der Waals surface area contributed by atoms with Crippen LogP contribution in [-0.2, 0) is 10.0 Å². The largest absolute Gasteiger partial charge is 0.284 e. The fourth-order valence-electron chi connectivity index (χ4n) is 2.02. The predicted octanol–water partition coefficient (Wildman–Crippen LogP) is 1.77. The molecule has 1 aromatic carbocycles. The van der Waals surface area contributed by atoms with Crippen LogP contribution in [0.5, 0.6) is 0 Å². The number of rotatable bonds is 3. The van der Waals surface area contributed by atoms with Crippen LogP contribution in [0.3, 0.4) is 0 Å². The summed E-state index contributed by atoms with van der Waals surface area (Å²) < 4.78 is 26.7. The molecule has 0 aliphatic carbocycles. The van der Waals surface area contributed by atoms with Gasteiger partial charge in [-0.25, -0.2) is 17.9 Å². The van der Waals surface area contributed by atoms with Gasteiger partial charge in [-0.1, -0.05) is 18.2 Å². The van der Waals surface area contributed by atoms with E-state index in [1.54, 1.807) is 22.7 Å². The molecule has 3 rings (SSSR count). The lowest BCUT2D eigenvalue weighted by Crippen LogP contribution is -2.09. The van der Waals surface area contributed by atoms with E-state index in [2.05, 4.69) is 14.8 Å². The number of sulfonamides is 1. The van der Waals surface area contributed by atoms with Gasteiger partial charge in [0.2, 0.25) is 10.0 Å². The summed E-state index contributed by atoms with van der Waals surface area (Å²) in [6, 6.07) is 12.8. The summed E-state index contributed by atoms with van der Waals surface area (Å²) in [7, 11) is -3.29. The van der Waals surface area contributed by atoms with Crippen molar-refractivity contribution in [2.45, 2.75) is 0 Å². The molecule has 0 spiro atoms. The van der Waals surface area contributed by atoms with Crippen molar-refractivity contribution in [1.29, 1.82) is 0 Å². The molecule has 1 N–H and O–H groups in total. The molecule has 102 valence electrons. The van der Waals surface area contributed by atoms with Crippen molar-refractivity contribution >= 4 is 21.4 Å². The molecule has 20 heavy (non-hydrogen) atoms. The van der Waals surface area contributed by atoms with E-state index in [0.29, 0.717) is 5.69 Å². The number of nitrogens with zero attached hydrogens (tertiary/aromatic N) is 3. The zero-order valence-electron chi connectivity index (χ0n) is 10.7. The molecule has 0 amide bonds. The van der Waals surface area contributed by atoms with Crippen LogP contribution < -0.4 is 4.72 Å². The molecule has 3 aromatic rings. The highest BCUT2D eigenvalue weighted by atomic mass is 32.2. The summed E-state index contributed by atoms with van der Waals surface area (Å²) in [4.78, 5) is 4.13. The van der Waals surface area contributed by atoms with Gasteiger partial charge >= 0.3 is 0 Å². The molecule has 0 saturated carbocycles. The van der Waals surface area contributed by atoms with E-state index in [4.69, 9.17) is 0 Å². The Kier molecular flexibility index (Phi) is 2.90. The molecule has 0 atom stereocenters. The van der Waals surface area contributed by atoms with Gasteiger partial charge in [-0.15, -0.1) is 0 Å². The zero-order valence-corrected chi connectivity index (χ0v) is 11.5. The number of aromatic nitrogens is 3. The first-order valence-corrected chi connectivity index (χ1v) is 7.79. The number of nitrogens with one attached hydrogen (secondary N) is 1. The Bertz CT molecular complexity index is 871. The number of hydrogen-bond acceptors (Lipinski definition) is 4. The van der Waals surface area contributed by atoms with Crippen LogP contribution in [0, 0.1) is 0 Å². The number of benzene rings is 1. The first-order chi connectivity index (χ1) is 9.53. The van der Waals surface area contributed by atoms with Gasteiger partial charge in [0.1, 0.15) is 6.33 Å². The summed E-state index contributed by atoms with van der Waals surface area (Å²) in [5.41, 5.74) is 2.96. The van der Waals surface area contributed by atoms with Gasteiger partial charge in [-0.2, -0.15) is 5.10 Å². The topological polar surface area (TPSA) is 76.4 Å². The van der Waals surface area contributed by atoms with Crippen LogP contribution in [0.2, 0.25) is 0 Å². The van der Waals surface area contributed by atoms with Crippen LogP contribution in [0.15, 0.2) is 48.8 Å². The van der Waals surface area contributed by atoms with Crippen molar-refractivity contribution in [3.05, 3.63) is 48.8 Å². The summed E-state index contributed by atoms with van der Waals surface area (Å²) in [6.07, 6.45) is 2.61. The van der Waals surface area contributed by atoms with Gasteiger partial charge in [0.25, 0.3) is 0 Å². The van der Waals surface area contributed by atoms with Crippen LogP contribution in [-0.4, -0.2) is 29.3 Å². The molecule has 2 heterocycles. The fraction of sp³-hybridized carbons (Fsp3) is 0.0769. The lowest BCUT2D eigenvalue weighted by atomic mass is 10.1. The highest BCUT2D eigenvalue weighted by Gasteiger charge is 2.07. The van der Waals surface area contributed by atoms with Crippen molar-refractivity contribution in [3.8, 4) is 11.3 Å². The molecular weight excluding hydrogens is 276 g/mol. The third-order valence-electron chi connectivity index (χ3n) is 2.76. The minimum atomic E-state index is -3.29. The first kappa shape index (κ1) is 12.6. The molecule has 0 unspecified atom stereocenters. The molecule has 0 aliphatic heterocycles. The maximum absolute atomic E-state index is 11.3. The second kappa shape index (κ2) is 4.61. The second-order valence-electron chi connectivity index (χ2n) is 4.40. The summed E-state index contributed by atoms with van der Waals surface area (Å²) in [6.45, 7) is 0. The average Bonchev–Trinajstić information content (AvgIpc) is 2.85. The normalized spacial score (nSPS) is 11.7. The molecule has 0 saturated heterocycles. The maximum atomic E-state index is 11.3. The third kappa shape index (κ3) is 2.48. The van der Waals surface area contributed by atoms with Crippen molar-refractivity contribution in [2.24, 2.45) is 0 Å². The Morgan fingerprint density at radius 1 is 1.15 bits per heavy atom.